The van der Waals surface area contributed by atoms with Crippen LogP contribution in [0.15, 0.2) is 34.1 Å². The monoisotopic (exact) mass is 299 g/mol. The van der Waals surface area contributed by atoms with Gasteiger partial charge >= 0.3 is 0 Å². The molecule has 16 heavy (non-hydrogen) atoms. The lowest BCUT2D eigenvalue weighted by Crippen LogP contribution is -2.12. The highest BCUT2D eigenvalue weighted by molar-refractivity contribution is 9.10. The predicted molar refractivity (Wildman–Crippen MR) is 69.2 cm³/mol. The summed E-state index contributed by atoms with van der Waals surface area (Å²) in [6.07, 6.45) is 0. The summed E-state index contributed by atoms with van der Waals surface area (Å²) < 4.78 is 13.6. The lowest BCUT2D eigenvalue weighted by Gasteiger charge is -2.12. The molecule has 2 aromatic rings. The van der Waals surface area contributed by atoms with Crippen LogP contribution >= 0.6 is 27.3 Å². The SMILES string of the molecule is Cc1sccc1C(N)c1ccc(F)c(Br)c1. The fourth-order valence-corrected chi connectivity index (χ4v) is 2.75. The summed E-state index contributed by atoms with van der Waals surface area (Å²) >= 11 is 4.84. The number of aryl methyl sites for hydroxylation is 1. The Hall–Kier alpha value is -0.710. The van der Waals surface area contributed by atoms with Gasteiger partial charge in [-0.25, -0.2) is 4.39 Å². The normalized spacial score (nSPS) is 12.8. The van der Waals surface area contributed by atoms with Crippen molar-refractivity contribution in [3.63, 3.8) is 0 Å². The van der Waals surface area contributed by atoms with Crippen molar-refractivity contribution in [1.29, 1.82) is 0 Å². The summed E-state index contributed by atoms with van der Waals surface area (Å²) in [5, 5.41) is 2.02. The molecule has 84 valence electrons. The first-order valence-electron chi connectivity index (χ1n) is 4.84. The van der Waals surface area contributed by atoms with Gasteiger partial charge in [-0.05, 0) is 57.6 Å². The van der Waals surface area contributed by atoms with Crippen molar-refractivity contribution in [2.24, 2.45) is 5.73 Å². The number of rotatable bonds is 2. The zero-order valence-electron chi connectivity index (χ0n) is 8.71. The van der Waals surface area contributed by atoms with Crippen LogP contribution in [0.2, 0.25) is 0 Å². The molecule has 0 fully saturated rings. The molecular weight excluding hydrogens is 289 g/mol. The highest BCUT2D eigenvalue weighted by Crippen LogP contribution is 2.28. The molecule has 0 spiro atoms. The second-order valence-corrected chi connectivity index (χ2v) is 5.56. The van der Waals surface area contributed by atoms with E-state index in [2.05, 4.69) is 15.9 Å². The van der Waals surface area contributed by atoms with Crippen LogP contribution in [-0.2, 0) is 0 Å². The molecule has 1 aromatic heterocycles. The summed E-state index contributed by atoms with van der Waals surface area (Å²) in [5.41, 5.74) is 8.16. The molecule has 0 saturated carbocycles. The van der Waals surface area contributed by atoms with Gasteiger partial charge in [0.05, 0.1) is 10.5 Å². The van der Waals surface area contributed by atoms with Crippen LogP contribution in [-0.4, -0.2) is 0 Å². The van der Waals surface area contributed by atoms with E-state index in [1.54, 1.807) is 23.5 Å². The average molecular weight is 300 g/mol. The molecule has 1 atom stereocenters. The Morgan fingerprint density at radius 3 is 2.69 bits per heavy atom. The van der Waals surface area contributed by atoms with Crippen molar-refractivity contribution in [1.82, 2.24) is 0 Å². The van der Waals surface area contributed by atoms with Crippen LogP contribution in [0.4, 0.5) is 4.39 Å². The second kappa shape index (κ2) is 4.65. The van der Waals surface area contributed by atoms with Crippen LogP contribution in [0.5, 0.6) is 0 Å². The molecule has 0 aliphatic heterocycles. The maximum absolute atomic E-state index is 13.1. The van der Waals surface area contributed by atoms with E-state index in [4.69, 9.17) is 5.73 Å². The zero-order valence-corrected chi connectivity index (χ0v) is 11.1. The molecule has 0 amide bonds. The van der Waals surface area contributed by atoms with Gasteiger partial charge in [-0.3, -0.25) is 0 Å². The molecule has 1 nitrogen and oxygen atoms in total. The van der Waals surface area contributed by atoms with Crippen LogP contribution in [0.1, 0.15) is 22.0 Å². The number of nitrogens with two attached hydrogens (primary N) is 1. The van der Waals surface area contributed by atoms with Gasteiger partial charge in [-0.15, -0.1) is 11.3 Å². The molecular formula is C12H11BrFNS. The first-order chi connectivity index (χ1) is 7.59. The van der Waals surface area contributed by atoms with Gasteiger partial charge in [0.2, 0.25) is 0 Å². The van der Waals surface area contributed by atoms with E-state index in [0.29, 0.717) is 4.47 Å². The van der Waals surface area contributed by atoms with Gasteiger partial charge < -0.3 is 5.73 Å². The van der Waals surface area contributed by atoms with Gasteiger partial charge in [0.15, 0.2) is 0 Å². The number of benzene rings is 1. The van der Waals surface area contributed by atoms with E-state index in [1.807, 2.05) is 18.4 Å². The largest absolute Gasteiger partial charge is 0.320 e. The highest BCUT2D eigenvalue weighted by Gasteiger charge is 2.13. The van der Waals surface area contributed by atoms with E-state index >= 15 is 0 Å². The topological polar surface area (TPSA) is 26.0 Å². The fraction of sp³-hybridized carbons (Fsp3) is 0.167. The average Bonchev–Trinajstić information content (AvgIpc) is 2.67. The molecule has 1 unspecified atom stereocenters. The van der Waals surface area contributed by atoms with Crippen LogP contribution in [0.25, 0.3) is 0 Å². The van der Waals surface area contributed by atoms with E-state index in [9.17, 15) is 4.39 Å². The standard InChI is InChI=1S/C12H11BrFNS/c1-7-9(4-5-16-7)12(15)8-2-3-11(14)10(13)6-8/h2-6,12H,15H2,1H3. The summed E-state index contributed by atoms with van der Waals surface area (Å²) in [7, 11) is 0. The molecule has 0 aliphatic rings. The Morgan fingerprint density at radius 1 is 1.38 bits per heavy atom. The van der Waals surface area contributed by atoms with Crippen molar-refractivity contribution in [3.05, 3.63) is 55.9 Å². The molecule has 0 saturated heterocycles. The molecule has 2 rings (SSSR count). The Labute approximate surface area is 106 Å². The molecule has 2 N–H and O–H groups in total. The molecule has 1 heterocycles. The minimum absolute atomic E-state index is 0.192. The van der Waals surface area contributed by atoms with Crippen molar-refractivity contribution in [3.8, 4) is 0 Å². The maximum atomic E-state index is 13.1. The third kappa shape index (κ3) is 2.19. The van der Waals surface area contributed by atoms with Crippen LogP contribution < -0.4 is 5.73 Å². The molecule has 0 radical (unpaired) electrons. The number of hydrogen-bond acceptors (Lipinski definition) is 2. The van der Waals surface area contributed by atoms with E-state index in [-0.39, 0.29) is 11.9 Å². The first-order valence-corrected chi connectivity index (χ1v) is 6.51. The van der Waals surface area contributed by atoms with Crippen molar-refractivity contribution in [2.75, 3.05) is 0 Å². The fourth-order valence-electron chi connectivity index (χ4n) is 1.60. The van der Waals surface area contributed by atoms with Gasteiger partial charge in [0.1, 0.15) is 5.82 Å². The maximum Gasteiger partial charge on any atom is 0.137 e. The lowest BCUT2D eigenvalue weighted by atomic mass is 10.0. The smallest absolute Gasteiger partial charge is 0.137 e. The number of thiophene rings is 1. The zero-order chi connectivity index (χ0) is 11.7. The first kappa shape index (κ1) is 11.8. The van der Waals surface area contributed by atoms with Gasteiger partial charge in [0, 0.05) is 4.88 Å². The van der Waals surface area contributed by atoms with Crippen LogP contribution in [0.3, 0.4) is 0 Å². The predicted octanol–water partition coefficient (Wildman–Crippen LogP) is 4.01. The molecule has 1 aromatic carbocycles. The highest BCUT2D eigenvalue weighted by atomic mass is 79.9. The summed E-state index contributed by atoms with van der Waals surface area (Å²) in [6, 6.07) is 6.71. The Kier molecular flexibility index (Phi) is 3.42. The van der Waals surface area contributed by atoms with Crippen LogP contribution in [0, 0.1) is 12.7 Å². The molecule has 0 bridgehead atoms. The van der Waals surface area contributed by atoms with Gasteiger partial charge in [0.25, 0.3) is 0 Å². The summed E-state index contributed by atoms with van der Waals surface area (Å²) in [4.78, 5) is 1.20. The molecule has 0 aliphatic carbocycles. The summed E-state index contributed by atoms with van der Waals surface area (Å²) in [6.45, 7) is 2.04. The molecule has 4 heteroatoms. The van der Waals surface area contributed by atoms with Crippen molar-refractivity contribution < 1.29 is 4.39 Å². The second-order valence-electron chi connectivity index (χ2n) is 3.58. The van der Waals surface area contributed by atoms with Gasteiger partial charge in [-0.2, -0.15) is 0 Å². The lowest BCUT2D eigenvalue weighted by molar-refractivity contribution is 0.619. The van der Waals surface area contributed by atoms with Crippen molar-refractivity contribution in [2.45, 2.75) is 13.0 Å². The number of halogens is 2. The third-order valence-electron chi connectivity index (χ3n) is 2.54. The Balaban J connectivity index is 2.38. The van der Waals surface area contributed by atoms with Gasteiger partial charge in [-0.1, -0.05) is 6.07 Å². The third-order valence-corrected chi connectivity index (χ3v) is 4.01. The minimum Gasteiger partial charge on any atom is -0.320 e. The Bertz CT molecular complexity index is 509. The summed E-state index contributed by atoms with van der Waals surface area (Å²) in [5.74, 6) is -0.266. The Morgan fingerprint density at radius 2 is 2.12 bits per heavy atom. The minimum atomic E-state index is -0.266. The number of hydrogen-bond donors (Lipinski definition) is 1. The van der Waals surface area contributed by atoms with Crippen molar-refractivity contribution >= 4 is 27.3 Å². The van der Waals surface area contributed by atoms with E-state index < -0.39 is 0 Å². The quantitative estimate of drug-likeness (QED) is 0.891. The van der Waals surface area contributed by atoms with E-state index in [1.165, 1.54) is 10.9 Å². The van der Waals surface area contributed by atoms with E-state index in [0.717, 1.165) is 11.1 Å².